The Hall–Kier alpha value is -3.44. The molecule has 0 N–H and O–H groups in total. The molecule has 0 fully saturated rings. The van der Waals surface area contributed by atoms with Crippen LogP contribution >= 0.6 is 11.3 Å². The van der Waals surface area contributed by atoms with Gasteiger partial charge in [0.05, 0.1) is 34.4 Å². The van der Waals surface area contributed by atoms with Crippen molar-refractivity contribution in [1.82, 2.24) is 4.98 Å². The molecule has 3 aromatic rings. The highest BCUT2D eigenvalue weighted by molar-refractivity contribution is 7.19. The lowest BCUT2D eigenvalue weighted by molar-refractivity contribution is -0.385. The third-order valence-corrected chi connectivity index (χ3v) is 4.79. The number of fused-ring (bicyclic) bond motifs is 1. The molecule has 0 atom stereocenters. The van der Waals surface area contributed by atoms with Crippen molar-refractivity contribution in [3.8, 4) is 17.6 Å². The smallest absolute Gasteiger partial charge is 0.315 e. The van der Waals surface area contributed by atoms with E-state index in [1.165, 1.54) is 24.5 Å². The third-order valence-electron chi connectivity index (χ3n) is 3.72. The standard InChI is InChI=1S/C19H15N3O4S/c1-3-26-18-15(22(23)24)9-12(10-16(18)25-2)8-13(11-20)19-21-14-6-4-5-7-17(14)27-19/h4-10H,3H2,1-2H3/b13-8-. The van der Waals surface area contributed by atoms with E-state index in [2.05, 4.69) is 11.1 Å². The number of thiazole rings is 1. The van der Waals surface area contributed by atoms with Crippen molar-refractivity contribution in [3.63, 3.8) is 0 Å². The molecule has 0 aliphatic carbocycles. The zero-order chi connectivity index (χ0) is 19.4. The summed E-state index contributed by atoms with van der Waals surface area (Å²) in [6.07, 6.45) is 1.56. The van der Waals surface area contributed by atoms with E-state index in [0.717, 1.165) is 10.2 Å². The molecular weight excluding hydrogens is 366 g/mol. The first-order valence-corrected chi connectivity index (χ1v) is 8.86. The van der Waals surface area contributed by atoms with E-state index in [4.69, 9.17) is 9.47 Å². The minimum absolute atomic E-state index is 0.0700. The maximum atomic E-state index is 11.4. The summed E-state index contributed by atoms with van der Waals surface area (Å²) in [5.41, 5.74) is 1.35. The maximum Gasteiger partial charge on any atom is 0.315 e. The summed E-state index contributed by atoms with van der Waals surface area (Å²) in [6.45, 7) is 2.00. The van der Waals surface area contributed by atoms with Crippen LogP contribution in [0.1, 0.15) is 17.5 Å². The zero-order valence-corrected chi connectivity index (χ0v) is 15.4. The van der Waals surface area contributed by atoms with Crippen molar-refractivity contribution in [3.05, 3.63) is 57.1 Å². The third kappa shape index (κ3) is 3.73. The summed E-state index contributed by atoms with van der Waals surface area (Å²) < 4.78 is 11.6. The minimum atomic E-state index is -0.533. The van der Waals surface area contributed by atoms with Crippen LogP contribution in [0.5, 0.6) is 11.5 Å². The molecule has 0 aliphatic rings. The molecule has 0 amide bonds. The van der Waals surface area contributed by atoms with Gasteiger partial charge in [0, 0.05) is 6.07 Å². The molecule has 27 heavy (non-hydrogen) atoms. The van der Waals surface area contributed by atoms with E-state index >= 15 is 0 Å². The first kappa shape index (κ1) is 18.4. The number of allylic oxidation sites excluding steroid dienone is 1. The monoisotopic (exact) mass is 381 g/mol. The Morgan fingerprint density at radius 3 is 2.81 bits per heavy atom. The number of rotatable bonds is 6. The molecule has 7 nitrogen and oxygen atoms in total. The fourth-order valence-corrected chi connectivity index (χ4v) is 3.50. The average molecular weight is 381 g/mol. The fourth-order valence-electron chi connectivity index (χ4n) is 2.56. The van der Waals surface area contributed by atoms with Crippen molar-refractivity contribution in [2.45, 2.75) is 6.92 Å². The summed E-state index contributed by atoms with van der Waals surface area (Å²) in [5, 5.41) is 21.6. The largest absolute Gasteiger partial charge is 0.493 e. The number of ether oxygens (including phenoxy) is 2. The van der Waals surface area contributed by atoms with Crippen LogP contribution in [0.3, 0.4) is 0 Å². The predicted molar refractivity (Wildman–Crippen MR) is 104 cm³/mol. The van der Waals surface area contributed by atoms with Gasteiger partial charge in [-0.05, 0) is 36.8 Å². The molecule has 0 spiro atoms. The van der Waals surface area contributed by atoms with Gasteiger partial charge >= 0.3 is 5.69 Å². The predicted octanol–water partition coefficient (Wildman–Crippen LogP) is 4.68. The first-order chi connectivity index (χ1) is 13.1. The van der Waals surface area contributed by atoms with Crippen molar-refractivity contribution >= 4 is 38.9 Å². The second kappa shape index (κ2) is 7.85. The van der Waals surface area contributed by atoms with Crippen LogP contribution < -0.4 is 9.47 Å². The quantitative estimate of drug-likeness (QED) is 0.349. The molecular formula is C19H15N3O4S. The van der Waals surface area contributed by atoms with Gasteiger partial charge < -0.3 is 9.47 Å². The van der Waals surface area contributed by atoms with Crippen molar-refractivity contribution in [2.24, 2.45) is 0 Å². The Labute approximate surface area is 159 Å². The van der Waals surface area contributed by atoms with Crippen LogP contribution in [-0.2, 0) is 0 Å². The van der Waals surface area contributed by atoms with Gasteiger partial charge in [0.15, 0.2) is 5.75 Å². The van der Waals surface area contributed by atoms with Crippen LogP contribution in [-0.4, -0.2) is 23.6 Å². The number of para-hydroxylation sites is 1. The highest BCUT2D eigenvalue weighted by Gasteiger charge is 2.22. The van der Waals surface area contributed by atoms with Crippen molar-refractivity contribution in [2.75, 3.05) is 13.7 Å². The van der Waals surface area contributed by atoms with Gasteiger partial charge in [0.25, 0.3) is 0 Å². The summed E-state index contributed by atoms with van der Waals surface area (Å²) >= 11 is 1.39. The van der Waals surface area contributed by atoms with E-state index in [0.29, 0.717) is 16.1 Å². The van der Waals surface area contributed by atoms with Gasteiger partial charge in [-0.25, -0.2) is 4.98 Å². The van der Waals surface area contributed by atoms with Crippen LogP contribution in [0.2, 0.25) is 0 Å². The molecule has 0 radical (unpaired) electrons. The van der Waals surface area contributed by atoms with Gasteiger partial charge in [0.1, 0.15) is 11.1 Å². The Balaban J connectivity index is 2.12. The lowest BCUT2D eigenvalue weighted by Gasteiger charge is -2.10. The van der Waals surface area contributed by atoms with Gasteiger partial charge in [0.2, 0.25) is 5.75 Å². The SMILES string of the molecule is CCOc1c(OC)cc(/C=C(/C#N)c2nc3ccccc3s2)cc1[N+](=O)[O-]. The second-order valence-electron chi connectivity index (χ2n) is 5.42. The van der Waals surface area contributed by atoms with Crippen molar-refractivity contribution in [1.29, 1.82) is 5.26 Å². The van der Waals surface area contributed by atoms with Gasteiger partial charge in [-0.15, -0.1) is 11.3 Å². The number of nitro groups is 1. The van der Waals surface area contributed by atoms with Gasteiger partial charge in [-0.1, -0.05) is 12.1 Å². The molecule has 136 valence electrons. The van der Waals surface area contributed by atoms with Crippen LogP contribution in [0.15, 0.2) is 36.4 Å². The highest BCUT2D eigenvalue weighted by Crippen LogP contribution is 2.39. The minimum Gasteiger partial charge on any atom is -0.493 e. The summed E-state index contributed by atoms with van der Waals surface area (Å²) in [5.74, 6) is 0.305. The molecule has 0 bridgehead atoms. The molecule has 1 heterocycles. The number of nitriles is 1. The van der Waals surface area contributed by atoms with E-state index in [9.17, 15) is 15.4 Å². The molecule has 2 aromatic carbocycles. The van der Waals surface area contributed by atoms with E-state index in [1.807, 2.05) is 24.3 Å². The van der Waals surface area contributed by atoms with Gasteiger partial charge in [-0.3, -0.25) is 10.1 Å². The number of hydrogen-bond donors (Lipinski definition) is 0. The average Bonchev–Trinajstić information content (AvgIpc) is 3.10. The lowest BCUT2D eigenvalue weighted by atomic mass is 10.1. The maximum absolute atomic E-state index is 11.4. The molecule has 3 rings (SSSR count). The summed E-state index contributed by atoms with van der Waals surface area (Å²) in [6, 6.07) is 12.7. The molecule has 0 saturated carbocycles. The number of nitrogens with zero attached hydrogens (tertiary/aromatic N) is 3. The van der Waals surface area contributed by atoms with E-state index in [-0.39, 0.29) is 23.8 Å². The normalized spacial score (nSPS) is 11.2. The number of benzene rings is 2. The Bertz CT molecular complexity index is 1050. The molecule has 0 aliphatic heterocycles. The molecule has 8 heteroatoms. The van der Waals surface area contributed by atoms with Crippen molar-refractivity contribution < 1.29 is 14.4 Å². The Kier molecular flexibility index (Phi) is 5.33. The number of nitro benzene ring substituents is 1. The van der Waals surface area contributed by atoms with Crippen LogP contribution in [0, 0.1) is 21.4 Å². The van der Waals surface area contributed by atoms with E-state index in [1.54, 1.807) is 19.1 Å². The number of hydrogen-bond acceptors (Lipinski definition) is 7. The highest BCUT2D eigenvalue weighted by atomic mass is 32.1. The molecule has 0 saturated heterocycles. The van der Waals surface area contributed by atoms with E-state index < -0.39 is 4.92 Å². The lowest BCUT2D eigenvalue weighted by Crippen LogP contribution is -2.01. The Morgan fingerprint density at radius 1 is 1.41 bits per heavy atom. The van der Waals surface area contributed by atoms with Crippen LogP contribution in [0.4, 0.5) is 5.69 Å². The molecule has 1 aromatic heterocycles. The molecule has 0 unspecified atom stereocenters. The first-order valence-electron chi connectivity index (χ1n) is 8.04. The number of aromatic nitrogens is 1. The second-order valence-corrected chi connectivity index (χ2v) is 6.45. The zero-order valence-electron chi connectivity index (χ0n) is 14.6. The number of methoxy groups -OCH3 is 1. The Morgan fingerprint density at radius 2 is 2.19 bits per heavy atom. The summed E-state index contributed by atoms with van der Waals surface area (Å²) in [4.78, 5) is 15.4. The van der Waals surface area contributed by atoms with Crippen LogP contribution in [0.25, 0.3) is 21.9 Å². The summed E-state index contributed by atoms with van der Waals surface area (Å²) in [7, 11) is 1.41. The fraction of sp³-hybridized carbons (Fsp3) is 0.158. The van der Waals surface area contributed by atoms with Gasteiger partial charge in [-0.2, -0.15) is 5.26 Å². The topological polar surface area (TPSA) is 98.3 Å².